The summed E-state index contributed by atoms with van der Waals surface area (Å²) in [6.45, 7) is 6.04. The molecule has 1 aromatic rings. The maximum absolute atomic E-state index is 11.9. The van der Waals surface area contributed by atoms with E-state index in [-0.39, 0.29) is 6.04 Å². The third-order valence-electron chi connectivity index (χ3n) is 2.25. The van der Waals surface area contributed by atoms with Gasteiger partial charge >= 0.3 is 0 Å². The standard InChI is InChI=1S/C11H19N3O2S/c1-9(2)13-8-10(3)17(15,16)14-11-6-4-5-7-12-11/h4-7,9-10,13H,8H2,1-3H3,(H,12,14). The van der Waals surface area contributed by atoms with Gasteiger partial charge in [0, 0.05) is 18.8 Å². The Balaban J connectivity index is 2.62. The van der Waals surface area contributed by atoms with Crippen molar-refractivity contribution in [1.82, 2.24) is 10.3 Å². The maximum atomic E-state index is 11.9. The Hall–Kier alpha value is -1.14. The van der Waals surface area contributed by atoms with Crippen LogP contribution in [-0.4, -0.2) is 31.2 Å². The molecule has 0 bridgehead atoms. The lowest BCUT2D eigenvalue weighted by atomic mass is 10.3. The van der Waals surface area contributed by atoms with Crippen LogP contribution in [0, 0.1) is 0 Å². The summed E-state index contributed by atoms with van der Waals surface area (Å²) in [5, 5.41) is 2.59. The number of hydrogen-bond acceptors (Lipinski definition) is 4. The van der Waals surface area contributed by atoms with Crippen LogP contribution in [0.3, 0.4) is 0 Å². The molecule has 2 N–H and O–H groups in total. The van der Waals surface area contributed by atoms with Crippen molar-refractivity contribution in [2.45, 2.75) is 32.1 Å². The van der Waals surface area contributed by atoms with E-state index in [1.807, 2.05) is 13.8 Å². The molecular formula is C11H19N3O2S. The molecule has 0 aromatic carbocycles. The summed E-state index contributed by atoms with van der Waals surface area (Å²) in [6, 6.07) is 5.37. The highest BCUT2D eigenvalue weighted by Gasteiger charge is 2.20. The molecule has 0 saturated carbocycles. The van der Waals surface area contributed by atoms with Crippen LogP contribution >= 0.6 is 0 Å². The Kier molecular flexibility index (Phi) is 4.89. The van der Waals surface area contributed by atoms with Crippen LogP contribution in [0.2, 0.25) is 0 Å². The van der Waals surface area contributed by atoms with E-state index in [1.165, 1.54) is 0 Å². The Labute approximate surface area is 103 Å². The SMILES string of the molecule is CC(C)NCC(C)S(=O)(=O)Nc1ccccn1. The number of hydrogen-bond donors (Lipinski definition) is 2. The molecule has 96 valence electrons. The summed E-state index contributed by atoms with van der Waals surface area (Å²) in [7, 11) is -3.38. The molecule has 0 spiro atoms. The minimum Gasteiger partial charge on any atom is -0.313 e. The predicted molar refractivity (Wildman–Crippen MR) is 69.4 cm³/mol. The average molecular weight is 257 g/mol. The number of nitrogens with zero attached hydrogens (tertiary/aromatic N) is 1. The fourth-order valence-corrected chi connectivity index (χ4v) is 2.11. The monoisotopic (exact) mass is 257 g/mol. The third kappa shape index (κ3) is 4.70. The van der Waals surface area contributed by atoms with E-state index in [4.69, 9.17) is 0 Å². The Bertz CT molecular complexity index is 431. The van der Waals surface area contributed by atoms with Gasteiger partial charge in [0.05, 0.1) is 5.25 Å². The van der Waals surface area contributed by atoms with Gasteiger partial charge in [0.15, 0.2) is 0 Å². The van der Waals surface area contributed by atoms with Crippen LogP contribution in [-0.2, 0) is 10.0 Å². The third-order valence-corrected chi connectivity index (χ3v) is 3.97. The molecule has 0 aliphatic rings. The zero-order valence-corrected chi connectivity index (χ0v) is 11.2. The van der Waals surface area contributed by atoms with E-state index in [0.29, 0.717) is 12.4 Å². The van der Waals surface area contributed by atoms with Gasteiger partial charge in [0.2, 0.25) is 10.0 Å². The van der Waals surface area contributed by atoms with Crippen LogP contribution in [0.4, 0.5) is 5.82 Å². The minimum atomic E-state index is -3.38. The van der Waals surface area contributed by atoms with Crippen molar-refractivity contribution < 1.29 is 8.42 Å². The second-order valence-corrected chi connectivity index (χ2v) is 6.33. The fourth-order valence-electron chi connectivity index (χ4n) is 1.18. The lowest BCUT2D eigenvalue weighted by molar-refractivity contribution is 0.553. The van der Waals surface area contributed by atoms with Gasteiger partial charge in [-0.25, -0.2) is 13.4 Å². The lowest BCUT2D eigenvalue weighted by Gasteiger charge is -2.16. The summed E-state index contributed by atoms with van der Waals surface area (Å²) in [5.74, 6) is 0.351. The molecule has 5 nitrogen and oxygen atoms in total. The van der Waals surface area contributed by atoms with Gasteiger partial charge in [0.1, 0.15) is 5.82 Å². The summed E-state index contributed by atoms with van der Waals surface area (Å²) in [4.78, 5) is 3.93. The number of rotatable bonds is 6. The molecule has 0 saturated heterocycles. The highest BCUT2D eigenvalue weighted by molar-refractivity contribution is 7.93. The van der Waals surface area contributed by atoms with Crippen molar-refractivity contribution in [2.24, 2.45) is 0 Å². The minimum absolute atomic E-state index is 0.266. The van der Waals surface area contributed by atoms with E-state index >= 15 is 0 Å². The molecule has 0 aliphatic carbocycles. The fraction of sp³-hybridized carbons (Fsp3) is 0.545. The zero-order valence-electron chi connectivity index (χ0n) is 10.3. The number of sulfonamides is 1. The van der Waals surface area contributed by atoms with Crippen molar-refractivity contribution in [3.05, 3.63) is 24.4 Å². The van der Waals surface area contributed by atoms with Crippen LogP contribution < -0.4 is 10.0 Å². The molecule has 0 amide bonds. The number of aromatic nitrogens is 1. The molecule has 0 radical (unpaired) electrons. The molecule has 6 heteroatoms. The van der Waals surface area contributed by atoms with E-state index in [0.717, 1.165) is 0 Å². The molecule has 1 aromatic heterocycles. The highest BCUT2D eigenvalue weighted by atomic mass is 32.2. The van der Waals surface area contributed by atoms with Crippen LogP contribution in [0.1, 0.15) is 20.8 Å². The van der Waals surface area contributed by atoms with Crippen LogP contribution in [0.5, 0.6) is 0 Å². The van der Waals surface area contributed by atoms with Crippen LogP contribution in [0.15, 0.2) is 24.4 Å². The summed E-state index contributed by atoms with van der Waals surface area (Å²) in [6.07, 6.45) is 1.55. The smallest absolute Gasteiger partial charge is 0.237 e. The quantitative estimate of drug-likeness (QED) is 0.803. The van der Waals surface area contributed by atoms with Gasteiger partial charge in [-0.2, -0.15) is 0 Å². The van der Waals surface area contributed by atoms with Gasteiger partial charge in [0.25, 0.3) is 0 Å². The molecule has 1 atom stereocenters. The van der Waals surface area contributed by atoms with Crippen LogP contribution in [0.25, 0.3) is 0 Å². The molecular weight excluding hydrogens is 238 g/mol. The maximum Gasteiger partial charge on any atom is 0.237 e. The first-order chi connectivity index (χ1) is 7.92. The molecule has 0 fully saturated rings. The first-order valence-corrected chi connectivity index (χ1v) is 7.12. The molecule has 0 aliphatic heterocycles. The van der Waals surface area contributed by atoms with Gasteiger partial charge in [-0.05, 0) is 19.1 Å². The first-order valence-electron chi connectivity index (χ1n) is 5.58. The molecule has 1 heterocycles. The highest BCUT2D eigenvalue weighted by Crippen LogP contribution is 2.07. The molecule has 1 unspecified atom stereocenters. The second kappa shape index (κ2) is 5.97. The summed E-state index contributed by atoms with van der Waals surface area (Å²) < 4.78 is 26.3. The van der Waals surface area contributed by atoms with Gasteiger partial charge in [-0.3, -0.25) is 4.72 Å². The van der Waals surface area contributed by atoms with Gasteiger partial charge in [-0.1, -0.05) is 19.9 Å². The first kappa shape index (κ1) is 13.9. The topological polar surface area (TPSA) is 71.1 Å². The molecule has 17 heavy (non-hydrogen) atoms. The largest absolute Gasteiger partial charge is 0.313 e. The van der Waals surface area contributed by atoms with Crippen molar-refractivity contribution in [3.8, 4) is 0 Å². The predicted octanol–water partition coefficient (Wildman–Crippen LogP) is 1.21. The average Bonchev–Trinajstić information content (AvgIpc) is 2.26. The number of pyridine rings is 1. The van der Waals surface area contributed by atoms with E-state index in [9.17, 15) is 8.42 Å². The van der Waals surface area contributed by atoms with Gasteiger partial charge in [-0.15, -0.1) is 0 Å². The van der Waals surface area contributed by atoms with Crippen molar-refractivity contribution in [2.75, 3.05) is 11.3 Å². The normalized spacial score (nSPS) is 13.6. The van der Waals surface area contributed by atoms with Crippen molar-refractivity contribution in [1.29, 1.82) is 0 Å². The van der Waals surface area contributed by atoms with E-state index in [1.54, 1.807) is 31.3 Å². The summed E-state index contributed by atoms with van der Waals surface area (Å²) in [5.41, 5.74) is 0. The zero-order chi connectivity index (χ0) is 12.9. The van der Waals surface area contributed by atoms with Crippen molar-refractivity contribution in [3.63, 3.8) is 0 Å². The van der Waals surface area contributed by atoms with E-state index in [2.05, 4.69) is 15.0 Å². The Morgan fingerprint density at radius 3 is 2.53 bits per heavy atom. The summed E-state index contributed by atoms with van der Waals surface area (Å²) >= 11 is 0. The van der Waals surface area contributed by atoms with Crippen molar-refractivity contribution >= 4 is 15.8 Å². The lowest BCUT2D eigenvalue weighted by Crippen LogP contribution is -2.37. The van der Waals surface area contributed by atoms with Gasteiger partial charge < -0.3 is 5.32 Å². The Morgan fingerprint density at radius 1 is 1.29 bits per heavy atom. The Morgan fingerprint density at radius 2 is 2.00 bits per heavy atom. The number of nitrogens with one attached hydrogen (secondary N) is 2. The number of anilines is 1. The van der Waals surface area contributed by atoms with E-state index < -0.39 is 15.3 Å². The molecule has 1 rings (SSSR count). The second-order valence-electron chi connectivity index (χ2n) is 4.24.